The summed E-state index contributed by atoms with van der Waals surface area (Å²) in [6.07, 6.45) is 7.20. The van der Waals surface area contributed by atoms with Gasteiger partial charge >= 0.3 is 6.03 Å². The van der Waals surface area contributed by atoms with Crippen LogP contribution in [0.5, 0.6) is 0 Å². The van der Waals surface area contributed by atoms with Gasteiger partial charge in [-0.2, -0.15) is 0 Å². The Morgan fingerprint density at radius 2 is 1.88 bits per heavy atom. The number of hydrogen-bond acceptors (Lipinski definition) is 4. The van der Waals surface area contributed by atoms with Crippen LogP contribution in [0.4, 0.5) is 4.79 Å². The molecule has 174 valence electrons. The molecule has 2 aliphatic rings. The Morgan fingerprint density at radius 3 is 2.50 bits per heavy atom. The first kappa shape index (κ1) is 23.9. The molecule has 1 saturated carbocycles. The molecule has 1 aromatic carbocycles. The van der Waals surface area contributed by atoms with Crippen molar-refractivity contribution >= 4 is 6.03 Å². The summed E-state index contributed by atoms with van der Waals surface area (Å²) >= 11 is 0. The number of carbonyl (C=O) groups excluding carboxylic acids is 1. The molecule has 0 bridgehead atoms. The lowest BCUT2D eigenvalue weighted by Crippen LogP contribution is -2.44. The van der Waals surface area contributed by atoms with Crippen LogP contribution in [-0.4, -0.2) is 43.3 Å². The van der Waals surface area contributed by atoms with Crippen molar-refractivity contribution < 1.29 is 19.0 Å². The quantitative estimate of drug-likeness (QED) is 0.468. The largest absolute Gasteiger partial charge is 0.497 e. The fourth-order valence-electron chi connectivity index (χ4n) is 4.03. The molecule has 0 aliphatic heterocycles. The van der Waals surface area contributed by atoms with Gasteiger partial charge in [0.15, 0.2) is 0 Å². The fraction of sp³-hybridized carbons (Fsp3) is 0.500. The van der Waals surface area contributed by atoms with Crippen LogP contribution in [0.1, 0.15) is 45.6 Å². The monoisotopic (exact) mass is 440 g/mol. The fourth-order valence-corrected chi connectivity index (χ4v) is 4.03. The van der Waals surface area contributed by atoms with Gasteiger partial charge in [-0.3, -0.25) is 0 Å². The molecule has 2 N–H and O–H groups in total. The molecule has 2 aliphatic carbocycles. The van der Waals surface area contributed by atoms with Crippen molar-refractivity contribution in [3.63, 3.8) is 0 Å². The zero-order chi connectivity index (χ0) is 22.9. The van der Waals surface area contributed by atoms with Crippen molar-refractivity contribution in [2.75, 3.05) is 26.4 Å². The number of primary amides is 1. The number of benzene rings is 1. The molecule has 2 amide bonds. The maximum absolute atomic E-state index is 12.3. The Morgan fingerprint density at radius 1 is 1.16 bits per heavy atom. The molecule has 0 radical (unpaired) electrons. The maximum Gasteiger partial charge on any atom is 0.315 e. The molecule has 6 nitrogen and oxygen atoms in total. The number of amides is 2. The Kier molecular flexibility index (Phi) is 8.80. The molecule has 32 heavy (non-hydrogen) atoms. The minimum Gasteiger partial charge on any atom is -0.497 e. The average molecular weight is 441 g/mol. The summed E-state index contributed by atoms with van der Waals surface area (Å²) in [7, 11) is 0. The van der Waals surface area contributed by atoms with Crippen LogP contribution in [0.3, 0.4) is 0 Å². The average Bonchev–Trinajstić information content (AvgIpc) is 3.62. The summed E-state index contributed by atoms with van der Waals surface area (Å²) in [6.45, 7) is 8.52. The van der Waals surface area contributed by atoms with Gasteiger partial charge in [0.2, 0.25) is 0 Å². The summed E-state index contributed by atoms with van der Waals surface area (Å²) < 4.78 is 17.8. The summed E-state index contributed by atoms with van der Waals surface area (Å²) in [5, 5.41) is 0. The lowest BCUT2D eigenvalue weighted by Gasteiger charge is -2.28. The highest BCUT2D eigenvalue weighted by Crippen LogP contribution is 2.44. The van der Waals surface area contributed by atoms with Gasteiger partial charge in [-0.05, 0) is 56.7 Å². The summed E-state index contributed by atoms with van der Waals surface area (Å²) in [4.78, 5) is 13.9. The second-order valence-corrected chi connectivity index (χ2v) is 8.14. The number of carbonyl (C=O) groups is 1. The van der Waals surface area contributed by atoms with Crippen molar-refractivity contribution in [2.45, 2.75) is 52.7 Å². The minimum absolute atomic E-state index is 0.204. The highest BCUT2D eigenvalue weighted by Gasteiger charge is 2.34. The van der Waals surface area contributed by atoms with E-state index in [1.54, 1.807) is 4.90 Å². The Balaban J connectivity index is 1.71. The third-order valence-electron chi connectivity index (χ3n) is 5.81. The van der Waals surface area contributed by atoms with Crippen molar-refractivity contribution in [1.29, 1.82) is 0 Å². The summed E-state index contributed by atoms with van der Waals surface area (Å²) in [5.74, 6) is 2.34. The van der Waals surface area contributed by atoms with E-state index in [1.807, 2.05) is 51.1 Å². The third-order valence-corrected chi connectivity index (χ3v) is 5.81. The van der Waals surface area contributed by atoms with Gasteiger partial charge in [0.25, 0.3) is 0 Å². The molecule has 0 aromatic heterocycles. The zero-order valence-electron chi connectivity index (χ0n) is 19.5. The van der Waals surface area contributed by atoms with E-state index in [4.69, 9.17) is 19.9 Å². The van der Waals surface area contributed by atoms with Gasteiger partial charge in [-0.1, -0.05) is 36.4 Å². The van der Waals surface area contributed by atoms with Crippen LogP contribution in [0, 0.1) is 5.92 Å². The van der Waals surface area contributed by atoms with Crippen molar-refractivity contribution in [3.8, 4) is 0 Å². The summed E-state index contributed by atoms with van der Waals surface area (Å²) in [5.41, 5.74) is 9.04. The second kappa shape index (κ2) is 11.8. The lowest BCUT2D eigenvalue weighted by molar-refractivity contribution is 0.0952. The van der Waals surface area contributed by atoms with E-state index in [-0.39, 0.29) is 6.04 Å². The van der Waals surface area contributed by atoms with Gasteiger partial charge in [-0.25, -0.2) is 4.79 Å². The first-order chi connectivity index (χ1) is 15.5. The molecule has 3 rings (SSSR count). The molecular weight excluding hydrogens is 404 g/mol. The number of urea groups is 1. The Labute approximate surface area is 191 Å². The number of rotatable bonds is 12. The molecule has 0 spiro atoms. The zero-order valence-corrected chi connectivity index (χ0v) is 19.5. The molecular formula is C26H36N2O4. The highest BCUT2D eigenvalue weighted by atomic mass is 16.5. The van der Waals surface area contributed by atoms with E-state index in [9.17, 15) is 4.79 Å². The molecule has 0 saturated heterocycles. The predicted molar refractivity (Wildman–Crippen MR) is 126 cm³/mol. The van der Waals surface area contributed by atoms with Crippen LogP contribution < -0.4 is 5.73 Å². The molecule has 6 heteroatoms. The number of nitrogens with two attached hydrogens (primary N) is 1. The SMILES string of the molecule is CCOC1=CC(C(C)N(CCOCc2ccccc2)C(N)=O)=CCC(OCC)=C1C1CC1. The van der Waals surface area contributed by atoms with E-state index >= 15 is 0 Å². The predicted octanol–water partition coefficient (Wildman–Crippen LogP) is 4.92. The standard InChI is InChI=1S/C26H36N2O4/c1-4-31-23-14-13-22(17-24(32-5-2)25(23)21-11-12-21)19(3)28(26(27)29)15-16-30-18-20-9-7-6-8-10-20/h6-10,13,17,19,21H,4-5,11-12,14-16,18H2,1-3H3,(H2,27,29). The second-order valence-electron chi connectivity index (χ2n) is 8.14. The van der Waals surface area contributed by atoms with E-state index in [0.29, 0.717) is 45.3 Å². The Hall–Kier alpha value is -2.73. The normalized spacial score (nSPS) is 17.2. The van der Waals surface area contributed by atoms with Gasteiger partial charge in [0.1, 0.15) is 11.5 Å². The van der Waals surface area contributed by atoms with Gasteiger partial charge in [-0.15, -0.1) is 0 Å². The number of allylic oxidation sites excluding steroid dienone is 2. The van der Waals surface area contributed by atoms with Gasteiger partial charge in [0, 0.05) is 18.5 Å². The first-order valence-electron chi connectivity index (χ1n) is 11.6. The van der Waals surface area contributed by atoms with E-state index < -0.39 is 6.03 Å². The maximum atomic E-state index is 12.3. The van der Waals surface area contributed by atoms with Crippen LogP contribution in [0.15, 0.2) is 65.1 Å². The number of nitrogens with zero attached hydrogens (tertiary/aromatic N) is 1. The van der Waals surface area contributed by atoms with Crippen LogP contribution >= 0.6 is 0 Å². The highest BCUT2D eigenvalue weighted by molar-refractivity contribution is 5.73. The topological polar surface area (TPSA) is 74.0 Å². The van der Waals surface area contributed by atoms with Crippen LogP contribution in [0.2, 0.25) is 0 Å². The smallest absolute Gasteiger partial charge is 0.315 e. The van der Waals surface area contributed by atoms with Crippen LogP contribution in [-0.2, 0) is 20.8 Å². The third kappa shape index (κ3) is 6.39. The van der Waals surface area contributed by atoms with E-state index in [1.165, 1.54) is 5.57 Å². The van der Waals surface area contributed by atoms with Crippen molar-refractivity contribution in [1.82, 2.24) is 4.90 Å². The van der Waals surface area contributed by atoms with Crippen molar-refractivity contribution in [3.05, 3.63) is 70.7 Å². The molecule has 0 heterocycles. The molecule has 1 fully saturated rings. The molecule has 1 unspecified atom stereocenters. The molecule has 1 aromatic rings. The molecule has 1 atom stereocenters. The number of ether oxygens (including phenoxy) is 3. The van der Waals surface area contributed by atoms with E-state index in [0.717, 1.165) is 35.5 Å². The first-order valence-corrected chi connectivity index (χ1v) is 11.6. The van der Waals surface area contributed by atoms with Gasteiger partial charge < -0.3 is 24.8 Å². The van der Waals surface area contributed by atoms with Crippen LogP contribution in [0.25, 0.3) is 0 Å². The van der Waals surface area contributed by atoms with E-state index in [2.05, 4.69) is 12.2 Å². The number of hydrogen-bond donors (Lipinski definition) is 1. The summed E-state index contributed by atoms with van der Waals surface area (Å²) in [6, 6.07) is 9.32. The lowest BCUT2D eigenvalue weighted by atomic mass is 10.0. The van der Waals surface area contributed by atoms with Gasteiger partial charge in [0.05, 0.1) is 32.5 Å². The van der Waals surface area contributed by atoms with Crippen molar-refractivity contribution in [2.24, 2.45) is 11.7 Å². The minimum atomic E-state index is -0.460. The Bertz CT molecular complexity index is 856.